The van der Waals surface area contributed by atoms with E-state index >= 15 is 0 Å². The minimum Gasteiger partial charge on any atom is -0.858 e. The Hall–Kier alpha value is -3.35. The second kappa shape index (κ2) is 12.7. The second-order valence-electron chi connectivity index (χ2n) is 10.8. The number of fused-ring (bicyclic) bond motifs is 2. The van der Waals surface area contributed by atoms with Crippen LogP contribution >= 0.6 is 11.6 Å². The first kappa shape index (κ1) is 27.2. The highest BCUT2D eigenvalue weighted by molar-refractivity contribution is 6.31. The maximum Gasteiger partial charge on any atom is 0.139 e. The summed E-state index contributed by atoms with van der Waals surface area (Å²) in [7, 11) is 2.07. The van der Waals surface area contributed by atoms with Crippen molar-refractivity contribution in [1.29, 1.82) is 0 Å². The van der Waals surface area contributed by atoms with Crippen molar-refractivity contribution in [2.45, 2.75) is 44.9 Å². The molecule has 1 fully saturated rings. The van der Waals surface area contributed by atoms with Gasteiger partial charge >= 0.3 is 0 Å². The molecular weight excluding hydrogens is 506 g/mol. The minimum absolute atomic E-state index is 0.0279. The maximum atomic E-state index is 12.7. The SMILES string of the molecule is C[N+]1(/N=C(\[O-])CCCCCCCc2ccccc2)CCN(C2=Nc3cc(Cl)ccc3Nc3ccccc32)CC1. The number of nitrogens with one attached hydrogen (secondary N) is 1. The third kappa shape index (κ3) is 7.20. The molecule has 0 aliphatic carbocycles. The average Bonchev–Trinajstić information content (AvgIpc) is 3.10. The van der Waals surface area contributed by atoms with Gasteiger partial charge in [0.05, 0.1) is 31.5 Å². The molecule has 0 unspecified atom stereocenters. The molecule has 0 atom stereocenters. The van der Waals surface area contributed by atoms with Gasteiger partial charge in [0.1, 0.15) is 18.9 Å². The lowest BCUT2D eigenvalue weighted by Gasteiger charge is -2.39. The Morgan fingerprint density at radius 3 is 2.46 bits per heavy atom. The summed E-state index contributed by atoms with van der Waals surface area (Å²) in [4.78, 5) is 7.36. The molecule has 6 nitrogen and oxygen atoms in total. The molecule has 2 heterocycles. The Morgan fingerprint density at radius 2 is 1.64 bits per heavy atom. The number of nitrogens with zero attached hydrogens (tertiary/aromatic N) is 4. The van der Waals surface area contributed by atoms with E-state index in [-0.39, 0.29) is 5.90 Å². The van der Waals surface area contributed by atoms with Gasteiger partial charge in [0.15, 0.2) is 0 Å². The minimum atomic E-state index is 0.0279. The first-order valence-corrected chi connectivity index (χ1v) is 14.5. The molecule has 3 aromatic carbocycles. The third-order valence-corrected chi connectivity index (χ3v) is 7.91. The van der Waals surface area contributed by atoms with Gasteiger partial charge in [-0.25, -0.2) is 4.99 Å². The van der Waals surface area contributed by atoms with Crippen molar-refractivity contribution in [3.63, 3.8) is 0 Å². The first-order valence-electron chi connectivity index (χ1n) is 14.1. The average molecular weight is 544 g/mol. The first-order chi connectivity index (χ1) is 19.0. The van der Waals surface area contributed by atoms with Crippen LogP contribution in [0.2, 0.25) is 5.02 Å². The van der Waals surface area contributed by atoms with Crippen LogP contribution in [-0.4, -0.2) is 54.5 Å². The Kier molecular flexibility index (Phi) is 8.84. The van der Waals surface area contributed by atoms with Crippen molar-refractivity contribution in [3.8, 4) is 0 Å². The topological polar surface area (TPSA) is 63.1 Å². The zero-order chi connectivity index (χ0) is 27.1. The molecule has 0 spiro atoms. The number of rotatable bonds is 9. The predicted octanol–water partition coefficient (Wildman–Crippen LogP) is 6.49. The number of halogens is 1. The monoisotopic (exact) mass is 543 g/mol. The summed E-state index contributed by atoms with van der Waals surface area (Å²) >= 11 is 6.29. The van der Waals surface area contributed by atoms with E-state index in [4.69, 9.17) is 16.6 Å². The maximum absolute atomic E-state index is 12.7. The molecule has 1 N–H and O–H groups in total. The summed E-state index contributed by atoms with van der Waals surface area (Å²) in [6.45, 7) is 3.08. The number of aryl methyl sites for hydroxylation is 1. The highest BCUT2D eigenvalue weighted by Gasteiger charge is 2.32. The van der Waals surface area contributed by atoms with E-state index in [0.717, 1.165) is 73.9 Å². The quantitative estimate of drug-likeness (QED) is 0.145. The molecular formula is C32H38ClN5O. The van der Waals surface area contributed by atoms with Gasteiger partial charge in [0.2, 0.25) is 0 Å². The third-order valence-electron chi connectivity index (χ3n) is 7.68. The molecule has 0 saturated carbocycles. The number of piperazine rings is 1. The molecule has 0 aromatic heterocycles. The lowest BCUT2D eigenvalue weighted by atomic mass is 10.1. The highest BCUT2D eigenvalue weighted by atomic mass is 35.5. The van der Waals surface area contributed by atoms with E-state index in [9.17, 15) is 5.11 Å². The molecule has 204 valence electrons. The van der Waals surface area contributed by atoms with Crippen LogP contribution in [-0.2, 0) is 6.42 Å². The van der Waals surface area contributed by atoms with Crippen LogP contribution in [0.4, 0.5) is 17.1 Å². The summed E-state index contributed by atoms with van der Waals surface area (Å²) in [6, 6.07) is 24.7. The summed E-state index contributed by atoms with van der Waals surface area (Å²) in [5, 5.41) is 21.5. The van der Waals surface area contributed by atoms with Crippen molar-refractivity contribution in [2.24, 2.45) is 10.1 Å². The van der Waals surface area contributed by atoms with Crippen LogP contribution in [0.3, 0.4) is 0 Å². The summed E-state index contributed by atoms with van der Waals surface area (Å²) < 4.78 is 0.433. The lowest BCUT2D eigenvalue weighted by molar-refractivity contribution is -0.920. The highest BCUT2D eigenvalue weighted by Crippen LogP contribution is 2.36. The van der Waals surface area contributed by atoms with Crippen molar-refractivity contribution in [2.75, 3.05) is 38.5 Å². The van der Waals surface area contributed by atoms with Gasteiger partial charge in [-0.15, -0.1) is 5.10 Å². The zero-order valence-electron chi connectivity index (χ0n) is 22.8. The normalized spacial score (nSPS) is 16.5. The van der Waals surface area contributed by atoms with Gasteiger partial charge in [0.25, 0.3) is 0 Å². The van der Waals surface area contributed by atoms with Crippen molar-refractivity contribution < 1.29 is 9.70 Å². The van der Waals surface area contributed by atoms with E-state index in [1.165, 1.54) is 24.8 Å². The van der Waals surface area contributed by atoms with Crippen LogP contribution in [0, 0.1) is 0 Å². The fraction of sp³-hybridized carbons (Fsp3) is 0.375. The molecule has 0 radical (unpaired) electrons. The molecule has 2 aliphatic heterocycles. The van der Waals surface area contributed by atoms with Crippen LogP contribution in [0.1, 0.15) is 49.7 Å². The number of benzene rings is 3. The number of aliphatic imine (C=N–C) groups is 1. The van der Waals surface area contributed by atoms with Crippen LogP contribution in [0.15, 0.2) is 82.9 Å². The molecule has 0 bridgehead atoms. The number of likely N-dealkylation sites (N-methyl/N-ethyl adjacent to an activating group) is 1. The van der Waals surface area contributed by atoms with Crippen molar-refractivity contribution >= 4 is 40.4 Å². The van der Waals surface area contributed by atoms with Crippen LogP contribution in [0.5, 0.6) is 0 Å². The van der Waals surface area contributed by atoms with Gasteiger partial charge in [0, 0.05) is 22.2 Å². The standard InChI is InChI=1S/C32H38ClN5O/c1-38(36-31(39)17-9-4-2-3-6-12-25-13-7-5-8-14-25)22-20-37(21-23-38)32-27-15-10-11-16-28(27)34-29-19-18-26(33)24-30(29)35-32/h5,7-8,10-11,13-16,18-19,24H,2-4,6,9,12,17,20-23H2,1H3,(H-,34,35,36,39). The Morgan fingerprint density at radius 1 is 0.923 bits per heavy atom. The molecule has 39 heavy (non-hydrogen) atoms. The number of hydrogen-bond acceptors (Lipinski definition) is 5. The van der Waals surface area contributed by atoms with E-state index in [2.05, 4.69) is 64.8 Å². The molecule has 1 saturated heterocycles. The van der Waals surface area contributed by atoms with Crippen LogP contribution < -0.4 is 10.4 Å². The predicted molar refractivity (Wildman–Crippen MR) is 160 cm³/mol. The fourth-order valence-electron chi connectivity index (χ4n) is 5.36. The van der Waals surface area contributed by atoms with Crippen molar-refractivity contribution in [1.82, 2.24) is 4.90 Å². The molecule has 5 rings (SSSR count). The van der Waals surface area contributed by atoms with E-state index < -0.39 is 0 Å². The number of hydrogen-bond donors (Lipinski definition) is 1. The van der Waals surface area contributed by atoms with Gasteiger partial charge in [-0.3, -0.25) is 0 Å². The summed E-state index contributed by atoms with van der Waals surface area (Å²) in [6.07, 6.45) is 7.28. The van der Waals surface area contributed by atoms with Crippen LogP contribution in [0.25, 0.3) is 0 Å². The number of unbranched alkanes of at least 4 members (excludes halogenated alkanes) is 4. The molecule has 7 heteroatoms. The van der Waals surface area contributed by atoms with Gasteiger partial charge in [-0.1, -0.05) is 73.3 Å². The van der Waals surface area contributed by atoms with E-state index in [1.54, 1.807) is 0 Å². The molecule has 2 aliphatic rings. The number of quaternary nitrogens is 1. The Balaban J connectivity index is 1.13. The second-order valence-corrected chi connectivity index (χ2v) is 11.2. The van der Waals surface area contributed by atoms with E-state index in [1.807, 2.05) is 30.3 Å². The van der Waals surface area contributed by atoms with Gasteiger partial charge in [-0.2, -0.15) is 4.59 Å². The lowest BCUT2D eigenvalue weighted by Crippen LogP contribution is -2.56. The number of amidine groups is 1. The fourth-order valence-corrected chi connectivity index (χ4v) is 5.52. The Bertz CT molecular complexity index is 1320. The van der Waals surface area contributed by atoms with Gasteiger partial charge < -0.3 is 15.3 Å². The number of anilines is 2. The van der Waals surface area contributed by atoms with Crippen molar-refractivity contribution in [3.05, 3.63) is 88.9 Å². The summed E-state index contributed by atoms with van der Waals surface area (Å²) in [5.41, 5.74) is 5.27. The molecule has 3 aromatic rings. The largest absolute Gasteiger partial charge is 0.858 e. The summed E-state index contributed by atoms with van der Waals surface area (Å²) in [5.74, 6) is 0.962. The van der Waals surface area contributed by atoms with Gasteiger partial charge in [-0.05, 0) is 61.6 Å². The van der Waals surface area contributed by atoms with E-state index in [0.29, 0.717) is 16.0 Å². The number of para-hydroxylation sites is 1. The molecule has 0 amide bonds. The zero-order valence-corrected chi connectivity index (χ0v) is 23.5. The Labute approximate surface area is 237 Å². The smallest absolute Gasteiger partial charge is 0.139 e.